The van der Waals surface area contributed by atoms with Crippen LogP contribution in [0.5, 0.6) is 11.5 Å². The molecule has 0 unspecified atom stereocenters. The van der Waals surface area contributed by atoms with Crippen LogP contribution in [0.1, 0.15) is 15.9 Å². The summed E-state index contributed by atoms with van der Waals surface area (Å²) >= 11 is 0. The number of amides is 1. The predicted octanol–water partition coefficient (Wildman–Crippen LogP) is 0.0886. The van der Waals surface area contributed by atoms with Crippen LogP contribution in [0.25, 0.3) is 0 Å². The molecule has 0 saturated carbocycles. The number of nitrogens with two attached hydrogens (primary N) is 2. The van der Waals surface area contributed by atoms with Crippen molar-refractivity contribution in [2.75, 3.05) is 11.9 Å². The zero-order chi connectivity index (χ0) is 25.1. The molecule has 14 heteroatoms. The van der Waals surface area contributed by atoms with Gasteiger partial charge in [0.05, 0.1) is 0 Å². The van der Waals surface area contributed by atoms with Gasteiger partial charge in [-0.15, -0.1) is 0 Å². The fraction of sp³-hybridized carbons (Fsp3) is 0.0476. The molecule has 0 saturated heterocycles. The van der Waals surface area contributed by atoms with E-state index in [9.17, 15) is 14.7 Å². The Balaban J connectivity index is 1.72. The van der Waals surface area contributed by atoms with Gasteiger partial charge in [-0.3, -0.25) is 25.9 Å². The van der Waals surface area contributed by atoms with Crippen molar-refractivity contribution in [3.63, 3.8) is 0 Å². The van der Waals surface area contributed by atoms with Crippen LogP contribution in [0.2, 0.25) is 0 Å². The van der Waals surface area contributed by atoms with Gasteiger partial charge in [0, 0.05) is 17.3 Å². The number of ether oxygens (including phenoxy) is 2. The van der Waals surface area contributed by atoms with E-state index in [0.717, 1.165) is 0 Å². The van der Waals surface area contributed by atoms with E-state index in [0.29, 0.717) is 11.4 Å². The summed E-state index contributed by atoms with van der Waals surface area (Å²) in [7, 11) is 0. The van der Waals surface area contributed by atoms with Gasteiger partial charge in [0.1, 0.15) is 35.1 Å². The highest BCUT2D eigenvalue weighted by Gasteiger charge is 2.29. The number of hydrogen-bond acceptors (Lipinski definition) is 9. The Morgan fingerprint density at radius 3 is 2.63 bits per heavy atom. The maximum absolute atomic E-state index is 11.9. The van der Waals surface area contributed by atoms with Gasteiger partial charge in [0.2, 0.25) is 5.91 Å². The van der Waals surface area contributed by atoms with E-state index in [1.54, 1.807) is 24.3 Å². The Bertz CT molecular complexity index is 1360. The number of carbonyl (C=O) groups is 2. The molecule has 0 aliphatic carbocycles. The van der Waals surface area contributed by atoms with E-state index in [1.807, 2.05) is 0 Å². The van der Waals surface area contributed by atoms with Crippen molar-refractivity contribution in [3.8, 4) is 11.5 Å². The maximum Gasteiger partial charge on any atom is 0.339 e. The summed E-state index contributed by atoms with van der Waals surface area (Å²) < 4.78 is 11.6. The molecule has 0 spiro atoms. The lowest BCUT2D eigenvalue weighted by atomic mass is 10.1. The van der Waals surface area contributed by atoms with E-state index < -0.39 is 11.9 Å². The lowest BCUT2D eigenvalue weighted by Gasteiger charge is -2.25. The molecule has 0 aromatic heterocycles. The molecule has 0 fully saturated rings. The normalized spacial score (nSPS) is 14.5. The predicted molar refractivity (Wildman–Crippen MR) is 126 cm³/mol. The second kappa shape index (κ2) is 9.22. The minimum atomic E-state index is -1.29. The number of rotatable bonds is 6. The molecule has 0 bridgehead atoms. The second-order valence-electron chi connectivity index (χ2n) is 7.14. The van der Waals surface area contributed by atoms with Crippen molar-refractivity contribution >= 4 is 41.2 Å². The minimum Gasteiger partial charge on any atom is -0.478 e. The minimum absolute atomic E-state index is 0.0742. The molecule has 10 N–H and O–H groups in total. The van der Waals surface area contributed by atoms with Gasteiger partial charge in [-0.2, -0.15) is 4.99 Å². The number of aliphatic imine (C=N–C) groups is 2. The highest BCUT2D eigenvalue weighted by atomic mass is 16.5. The Morgan fingerprint density at radius 2 is 1.91 bits per heavy atom. The van der Waals surface area contributed by atoms with E-state index in [2.05, 4.69) is 25.9 Å². The monoisotopic (exact) mass is 477 g/mol. The third kappa shape index (κ3) is 5.16. The number of carboxylic acids is 1. The first-order chi connectivity index (χ1) is 16.7. The molecule has 0 atom stereocenters. The number of nitrogens with zero attached hydrogens (tertiary/aromatic N) is 2. The first kappa shape index (κ1) is 22.8. The van der Waals surface area contributed by atoms with Crippen LogP contribution >= 0.6 is 0 Å². The van der Waals surface area contributed by atoms with Crippen LogP contribution in [0.3, 0.4) is 0 Å². The van der Waals surface area contributed by atoms with Gasteiger partial charge in [-0.1, -0.05) is 12.1 Å². The molecule has 2 aliphatic heterocycles. The summed E-state index contributed by atoms with van der Waals surface area (Å²) in [5.41, 5.74) is 11.5. The van der Waals surface area contributed by atoms with E-state index in [1.165, 1.54) is 18.2 Å². The number of aromatic carboxylic acids is 1. The Hall–Kier alpha value is -5.40. The fourth-order valence-corrected chi connectivity index (χ4v) is 3.08. The number of hydrogen-bond donors (Lipinski definition) is 8. The standard InChI is InChI=1S/C21H19N9O5/c22-16(23)9-4-5-12(19(32)33)13(6-9)35-18-15-17(26-8-14(31)28-15)29-21(30-18)34-11-3-1-2-10(7-11)27-20(24)25/h1-7H,8H2,(H3,22,23)(H,28,31)(H,32,33)(H4,24,25,27)(H,26,29,30). The molecule has 1 amide bonds. The quantitative estimate of drug-likeness (QED) is 0.208. The van der Waals surface area contributed by atoms with Gasteiger partial charge in [-0.25, -0.2) is 4.79 Å². The number of nitrogens with one attached hydrogen (secondary N) is 5. The number of anilines is 1. The lowest BCUT2D eigenvalue weighted by molar-refractivity contribution is -0.119. The fourth-order valence-electron chi connectivity index (χ4n) is 3.08. The molecule has 4 rings (SSSR count). The van der Waals surface area contributed by atoms with E-state index in [-0.39, 0.29) is 58.7 Å². The molecule has 0 radical (unpaired) electrons. The topological polar surface area (TPSA) is 233 Å². The van der Waals surface area contributed by atoms with Gasteiger partial charge in [-0.05, 0) is 24.3 Å². The number of guanidine groups is 1. The first-order valence-corrected chi connectivity index (χ1v) is 9.93. The highest BCUT2D eigenvalue weighted by Crippen LogP contribution is 2.26. The molecule has 2 aromatic carbocycles. The Labute approximate surface area is 197 Å². The Kier molecular flexibility index (Phi) is 6.00. The molecule has 2 heterocycles. The van der Waals surface area contributed by atoms with Crippen molar-refractivity contribution in [3.05, 3.63) is 65.2 Å². The largest absolute Gasteiger partial charge is 0.478 e. The average molecular weight is 477 g/mol. The first-order valence-electron chi connectivity index (χ1n) is 9.93. The summed E-state index contributed by atoms with van der Waals surface area (Å²) in [5.74, 6) is -2.13. The van der Waals surface area contributed by atoms with E-state index >= 15 is 0 Å². The zero-order valence-corrected chi connectivity index (χ0v) is 17.9. The summed E-state index contributed by atoms with van der Waals surface area (Å²) in [5, 5.41) is 32.6. The molecular formula is C21H19N9O5. The van der Waals surface area contributed by atoms with Crippen molar-refractivity contribution in [1.82, 2.24) is 10.6 Å². The SMILES string of the molecule is N=C(N)Nc1cccc(OC2=NC(Oc3cc(C(=N)N)ccc3C(=O)O)=C3NC(=O)CN=C3N2)c1. The summed E-state index contributed by atoms with van der Waals surface area (Å²) in [6.07, 6.45) is 0. The van der Waals surface area contributed by atoms with Crippen molar-refractivity contribution < 1.29 is 24.2 Å². The number of carbonyl (C=O) groups excluding carboxylic acids is 1. The number of nitrogen functional groups attached to an aromatic ring is 1. The highest BCUT2D eigenvalue weighted by molar-refractivity contribution is 6.13. The number of benzene rings is 2. The lowest BCUT2D eigenvalue weighted by Crippen LogP contribution is -2.48. The van der Waals surface area contributed by atoms with Crippen LogP contribution in [0.15, 0.2) is 64.0 Å². The van der Waals surface area contributed by atoms with Gasteiger partial charge in [0.15, 0.2) is 11.8 Å². The van der Waals surface area contributed by atoms with Crippen LogP contribution in [0, 0.1) is 10.8 Å². The summed E-state index contributed by atoms with van der Waals surface area (Å²) in [6.45, 7) is -0.162. The van der Waals surface area contributed by atoms with Gasteiger partial charge in [0.25, 0.3) is 5.88 Å². The van der Waals surface area contributed by atoms with Crippen molar-refractivity contribution in [2.45, 2.75) is 0 Å². The Morgan fingerprint density at radius 1 is 1.11 bits per heavy atom. The number of carboxylic acid groups (broad SMARTS) is 1. The van der Waals surface area contributed by atoms with Gasteiger partial charge >= 0.3 is 12.0 Å². The molecule has 2 aromatic rings. The third-order valence-electron chi connectivity index (χ3n) is 4.58. The maximum atomic E-state index is 11.9. The average Bonchev–Trinajstić information content (AvgIpc) is 2.79. The molecule has 35 heavy (non-hydrogen) atoms. The van der Waals surface area contributed by atoms with Crippen LogP contribution in [0.4, 0.5) is 5.69 Å². The molecule has 2 aliphatic rings. The second-order valence-corrected chi connectivity index (χ2v) is 7.14. The summed E-state index contributed by atoms with van der Waals surface area (Å²) in [6, 6.07) is 10.3. The van der Waals surface area contributed by atoms with Crippen molar-refractivity contribution in [2.24, 2.45) is 21.5 Å². The molecule has 14 nitrogen and oxygen atoms in total. The van der Waals surface area contributed by atoms with Crippen LogP contribution < -0.4 is 36.9 Å². The summed E-state index contributed by atoms with van der Waals surface area (Å²) in [4.78, 5) is 32.0. The number of fused-ring (bicyclic) bond motifs is 1. The van der Waals surface area contributed by atoms with Gasteiger partial charge < -0.3 is 36.7 Å². The van der Waals surface area contributed by atoms with Crippen LogP contribution in [-0.4, -0.2) is 47.2 Å². The molecule has 178 valence electrons. The van der Waals surface area contributed by atoms with E-state index in [4.69, 9.17) is 31.8 Å². The zero-order valence-electron chi connectivity index (χ0n) is 17.9. The van der Waals surface area contributed by atoms with Crippen molar-refractivity contribution in [1.29, 1.82) is 10.8 Å². The third-order valence-corrected chi connectivity index (χ3v) is 4.58. The van der Waals surface area contributed by atoms with Crippen LogP contribution in [-0.2, 0) is 4.79 Å². The number of amidine groups is 3. The smallest absolute Gasteiger partial charge is 0.339 e. The molecular weight excluding hydrogens is 458 g/mol.